The molecule has 2 aromatic carbocycles. The van der Waals surface area contributed by atoms with Gasteiger partial charge in [0.25, 0.3) is 23.6 Å². The molecule has 4 fully saturated rings. The molecule has 1 spiro atoms. The molecule has 4 amide bonds. The van der Waals surface area contributed by atoms with Crippen molar-refractivity contribution in [1.82, 2.24) is 15.0 Å². The highest BCUT2D eigenvalue weighted by Gasteiger charge is 2.77. The fraction of sp³-hybridized carbons (Fsp3) is 0.433. The van der Waals surface area contributed by atoms with Crippen molar-refractivity contribution in [3.63, 3.8) is 0 Å². The average molecular weight is 543 g/mol. The van der Waals surface area contributed by atoms with Gasteiger partial charge in [0.2, 0.25) is 0 Å². The lowest BCUT2D eigenvalue weighted by atomic mass is 9.67. The number of para-hydroxylation sites is 1. The summed E-state index contributed by atoms with van der Waals surface area (Å²) in [5, 5.41) is 5.10. The number of rotatable bonds is 5. The Morgan fingerprint density at radius 2 is 1.52 bits per heavy atom. The van der Waals surface area contributed by atoms with Gasteiger partial charge in [-0.2, -0.15) is 10.0 Å². The molecule has 2 aliphatic carbocycles. The maximum absolute atomic E-state index is 14.6. The van der Waals surface area contributed by atoms with Gasteiger partial charge in [-0.15, -0.1) is 0 Å². The molecule has 2 aromatic rings. The number of carbonyl (C=O) groups is 5. The van der Waals surface area contributed by atoms with Gasteiger partial charge in [-0.3, -0.25) is 24.0 Å². The highest BCUT2D eigenvalue weighted by atomic mass is 16.5. The van der Waals surface area contributed by atoms with Gasteiger partial charge in [0.15, 0.2) is 6.04 Å². The van der Waals surface area contributed by atoms with E-state index in [1.54, 1.807) is 43.3 Å². The zero-order chi connectivity index (χ0) is 28.1. The number of amides is 4. The molecule has 2 saturated carbocycles. The van der Waals surface area contributed by atoms with E-state index < -0.39 is 47.2 Å². The topological polar surface area (TPSA) is 107 Å². The molecule has 5 aliphatic rings. The highest BCUT2D eigenvalue weighted by molar-refractivity contribution is 6.21. The highest BCUT2D eigenvalue weighted by Crippen LogP contribution is 2.70. The summed E-state index contributed by atoms with van der Waals surface area (Å²) < 4.78 is 5.27. The van der Waals surface area contributed by atoms with Crippen molar-refractivity contribution in [1.29, 1.82) is 0 Å². The van der Waals surface area contributed by atoms with E-state index >= 15 is 0 Å². The minimum Gasteiger partial charge on any atom is -0.465 e. The van der Waals surface area contributed by atoms with Crippen molar-refractivity contribution < 1.29 is 28.7 Å². The van der Waals surface area contributed by atoms with E-state index in [2.05, 4.69) is 13.8 Å². The van der Waals surface area contributed by atoms with E-state index in [1.165, 1.54) is 15.0 Å². The van der Waals surface area contributed by atoms with Gasteiger partial charge in [0.1, 0.15) is 6.04 Å². The number of imide groups is 1. The van der Waals surface area contributed by atoms with Crippen molar-refractivity contribution in [2.24, 2.45) is 16.7 Å². The van der Waals surface area contributed by atoms with Crippen LogP contribution in [0.3, 0.4) is 0 Å². The number of ether oxygens (including phenoxy) is 1. The molecule has 7 rings (SSSR count). The van der Waals surface area contributed by atoms with E-state index in [4.69, 9.17) is 4.74 Å². The first-order valence-corrected chi connectivity index (χ1v) is 13.8. The molecule has 3 heterocycles. The van der Waals surface area contributed by atoms with Crippen LogP contribution in [0.1, 0.15) is 60.7 Å². The third-order valence-corrected chi connectivity index (χ3v) is 10.0. The van der Waals surface area contributed by atoms with Gasteiger partial charge in [0, 0.05) is 0 Å². The quantitative estimate of drug-likeness (QED) is 0.325. The number of esters is 1. The predicted octanol–water partition coefficient (Wildman–Crippen LogP) is 2.80. The number of hydrogen-bond acceptors (Lipinski definition) is 7. The van der Waals surface area contributed by atoms with Gasteiger partial charge in [-0.1, -0.05) is 44.2 Å². The summed E-state index contributed by atoms with van der Waals surface area (Å²) in [6.45, 7) is 5.96. The Hall–Kier alpha value is -4.05. The summed E-state index contributed by atoms with van der Waals surface area (Å²) in [5.41, 5.74) is -0.0842. The van der Waals surface area contributed by atoms with E-state index in [1.807, 2.05) is 18.2 Å². The first kappa shape index (κ1) is 25.0. The zero-order valence-electron chi connectivity index (χ0n) is 22.6. The lowest BCUT2D eigenvalue weighted by molar-refractivity contribution is -0.144. The Morgan fingerprint density at radius 3 is 2.12 bits per heavy atom. The zero-order valence-corrected chi connectivity index (χ0v) is 22.6. The molecule has 3 aliphatic heterocycles. The first-order valence-electron chi connectivity index (χ1n) is 13.8. The van der Waals surface area contributed by atoms with Gasteiger partial charge < -0.3 is 4.74 Å². The third kappa shape index (κ3) is 2.89. The van der Waals surface area contributed by atoms with Crippen molar-refractivity contribution in [3.8, 4) is 0 Å². The number of carbonyl (C=O) groups excluding carboxylic acids is 5. The summed E-state index contributed by atoms with van der Waals surface area (Å²) in [6, 6.07) is 12.7. The van der Waals surface area contributed by atoms with Crippen LogP contribution in [-0.2, 0) is 19.1 Å². The van der Waals surface area contributed by atoms with Crippen LogP contribution < -0.4 is 5.01 Å². The molecule has 0 N–H and O–H groups in total. The van der Waals surface area contributed by atoms with Gasteiger partial charge in [-0.05, 0) is 61.8 Å². The fourth-order valence-electron chi connectivity index (χ4n) is 7.95. The molecule has 10 heteroatoms. The second-order valence-corrected chi connectivity index (χ2v) is 11.8. The number of hydrogen-bond donors (Lipinski definition) is 0. The maximum atomic E-state index is 14.6. The molecular weight excluding hydrogens is 512 g/mol. The second-order valence-electron chi connectivity index (χ2n) is 11.8. The Balaban J connectivity index is 1.30. The minimum absolute atomic E-state index is 0.0755. The molecule has 3 unspecified atom stereocenters. The van der Waals surface area contributed by atoms with E-state index in [0.717, 1.165) is 11.4 Å². The molecule has 2 saturated heterocycles. The summed E-state index contributed by atoms with van der Waals surface area (Å²) >= 11 is 0. The number of benzene rings is 2. The molecule has 10 nitrogen and oxygen atoms in total. The van der Waals surface area contributed by atoms with Crippen LogP contribution in [0, 0.1) is 16.7 Å². The van der Waals surface area contributed by atoms with E-state index in [-0.39, 0.29) is 35.0 Å². The smallest absolute Gasteiger partial charge is 0.327 e. The molecule has 2 bridgehead atoms. The van der Waals surface area contributed by atoms with Crippen LogP contribution in [0.4, 0.5) is 5.69 Å². The monoisotopic (exact) mass is 542 g/mol. The Kier molecular flexibility index (Phi) is 5.14. The van der Waals surface area contributed by atoms with Crippen LogP contribution in [0.15, 0.2) is 54.6 Å². The lowest BCUT2D eigenvalue weighted by Crippen LogP contribution is -2.51. The van der Waals surface area contributed by atoms with Crippen LogP contribution in [0.5, 0.6) is 0 Å². The van der Waals surface area contributed by atoms with Crippen LogP contribution in [0.25, 0.3) is 0 Å². The summed E-state index contributed by atoms with van der Waals surface area (Å²) in [4.78, 5) is 68.7. The molecule has 206 valence electrons. The van der Waals surface area contributed by atoms with Gasteiger partial charge in [-0.25, -0.2) is 10.0 Å². The largest absolute Gasteiger partial charge is 0.465 e. The van der Waals surface area contributed by atoms with Crippen molar-refractivity contribution in [2.75, 3.05) is 11.6 Å². The van der Waals surface area contributed by atoms with Crippen LogP contribution in [-0.4, -0.2) is 69.4 Å². The Labute approximate surface area is 231 Å². The summed E-state index contributed by atoms with van der Waals surface area (Å²) in [5.74, 6) is -2.24. The Bertz CT molecular complexity index is 1460. The standard InChI is InChI=1S/C30H30N4O6/c1-4-40-27(38)23-22(33(23)34-24(35)19-12-8-9-13-20(19)25(34)36)26(37)32-21-16-17-14-15-30(21,29(17,2)3)28(39)31(32)18-10-6-5-7-11-18/h5-13,17,21-23H,4,14-16H2,1-3H3/t17-,21-,22?,23?,30+,33?/m1/s1. The number of fused-ring (bicyclic) bond motifs is 2. The predicted molar refractivity (Wildman–Crippen MR) is 141 cm³/mol. The number of anilines is 1. The third-order valence-electron chi connectivity index (χ3n) is 10.0. The Morgan fingerprint density at radius 1 is 0.900 bits per heavy atom. The molecule has 6 atom stereocenters. The van der Waals surface area contributed by atoms with Gasteiger partial charge in [0.05, 0.1) is 34.9 Å². The van der Waals surface area contributed by atoms with Crippen molar-refractivity contribution in [2.45, 2.75) is 58.2 Å². The van der Waals surface area contributed by atoms with E-state index in [0.29, 0.717) is 18.5 Å². The minimum atomic E-state index is -1.17. The number of hydrazine groups is 2. The second kappa shape index (κ2) is 8.23. The van der Waals surface area contributed by atoms with Crippen LogP contribution in [0.2, 0.25) is 0 Å². The molecule has 0 aromatic heterocycles. The summed E-state index contributed by atoms with van der Waals surface area (Å²) in [7, 11) is 0. The first-order chi connectivity index (χ1) is 19.2. The van der Waals surface area contributed by atoms with Crippen LogP contribution >= 0.6 is 0 Å². The van der Waals surface area contributed by atoms with E-state index in [9.17, 15) is 24.0 Å². The normalized spacial score (nSPS) is 32.9. The van der Waals surface area contributed by atoms with Crippen molar-refractivity contribution >= 4 is 35.3 Å². The molecular formula is C30H30N4O6. The van der Waals surface area contributed by atoms with Gasteiger partial charge >= 0.3 is 5.97 Å². The molecule has 40 heavy (non-hydrogen) atoms. The van der Waals surface area contributed by atoms with Crippen molar-refractivity contribution in [3.05, 3.63) is 65.7 Å². The number of nitrogens with zero attached hydrogens (tertiary/aromatic N) is 4. The summed E-state index contributed by atoms with van der Waals surface area (Å²) in [6.07, 6.45) is 2.25. The lowest BCUT2D eigenvalue weighted by Gasteiger charge is -2.35. The fourth-order valence-corrected chi connectivity index (χ4v) is 7.95. The maximum Gasteiger partial charge on any atom is 0.327 e. The molecule has 0 radical (unpaired) electrons. The SMILES string of the molecule is CCOC(=O)C1C(C(=O)N2[C@@H]3C[C@H]4CC[C@]3(C(=O)N2c2ccccc2)C4(C)C)N1N1C(=O)c2ccccc2C1=O. The average Bonchev–Trinajstić information content (AvgIpc) is 3.36.